The highest BCUT2D eigenvalue weighted by Crippen LogP contribution is 2.29. The second kappa shape index (κ2) is 11.5. The average Bonchev–Trinajstić information content (AvgIpc) is 2.86. The Morgan fingerprint density at radius 2 is 1.69 bits per heavy atom. The number of rotatable bonds is 11. The molecule has 0 saturated carbocycles. The summed E-state index contributed by atoms with van der Waals surface area (Å²) in [5.41, 5.74) is 0.652. The third-order valence-electron chi connectivity index (χ3n) is 5.05. The molecular formula is C25H27N3O7S. The molecule has 3 aromatic carbocycles. The maximum atomic E-state index is 13.4. The van der Waals surface area contributed by atoms with Crippen LogP contribution in [0.25, 0.3) is 0 Å². The minimum atomic E-state index is -4.13. The molecule has 0 atom stereocenters. The van der Waals surface area contributed by atoms with E-state index in [9.17, 15) is 23.3 Å². The zero-order valence-corrected chi connectivity index (χ0v) is 20.9. The molecule has 0 aromatic heterocycles. The number of carbonyl (C=O) groups is 1. The van der Waals surface area contributed by atoms with Gasteiger partial charge >= 0.3 is 0 Å². The molecule has 0 unspecified atom stereocenters. The number of hydrogen-bond acceptors (Lipinski definition) is 7. The first kappa shape index (κ1) is 26.5. The van der Waals surface area contributed by atoms with Crippen LogP contribution in [0.15, 0.2) is 77.7 Å². The summed E-state index contributed by atoms with van der Waals surface area (Å²) in [4.78, 5) is 23.3. The number of nitrogens with one attached hydrogen (secondary N) is 1. The smallest absolute Gasteiger partial charge is 0.269 e. The van der Waals surface area contributed by atoms with Crippen molar-refractivity contribution in [1.29, 1.82) is 0 Å². The number of nitro groups is 1. The SMILES string of the molecule is COc1cc(CNC(=O)CN(c2ccc([N+](=O)[O-])cc2)S(=O)(=O)c2ccccc2)ccc1OC(C)C. The Hall–Kier alpha value is -4.12. The molecule has 1 amide bonds. The zero-order chi connectivity index (χ0) is 26.3. The van der Waals surface area contributed by atoms with Gasteiger partial charge in [0.05, 0.1) is 28.7 Å². The van der Waals surface area contributed by atoms with Crippen molar-refractivity contribution in [3.63, 3.8) is 0 Å². The molecule has 190 valence electrons. The molecule has 11 heteroatoms. The third kappa shape index (κ3) is 6.51. The van der Waals surface area contributed by atoms with Crippen LogP contribution in [0.4, 0.5) is 11.4 Å². The first-order chi connectivity index (χ1) is 17.1. The van der Waals surface area contributed by atoms with E-state index in [2.05, 4.69) is 5.32 Å². The first-order valence-corrected chi connectivity index (χ1v) is 12.5. The maximum Gasteiger partial charge on any atom is 0.269 e. The van der Waals surface area contributed by atoms with Crippen LogP contribution in [0.1, 0.15) is 19.4 Å². The molecule has 0 heterocycles. The van der Waals surface area contributed by atoms with E-state index < -0.39 is 27.4 Å². The van der Waals surface area contributed by atoms with Crippen molar-refractivity contribution in [1.82, 2.24) is 5.32 Å². The van der Waals surface area contributed by atoms with Gasteiger partial charge in [0, 0.05) is 18.7 Å². The lowest BCUT2D eigenvalue weighted by molar-refractivity contribution is -0.384. The number of nitrogens with zero attached hydrogens (tertiary/aromatic N) is 2. The number of methoxy groups -OCH3 is 1. The Kier molecular flexibility index (Phi) is 8.49. The van der Waals surface area contributed by atoms with Gasteiger partial charge in [-0.2, -0.15) is 0 Å². The first-order valence-electron chi connectivity index (χ1n) is 11.0. The lowest BCUT2D eigenvalue weighted by Crippen LogP contribution is -2.40. The highest BCUT2D eigenvalue weighted by Gasteiger charge is 2.27. The standard InChI is InChI=1S/C25H27N3O7S/c1-18(2)35-23-14-9-19(15-24(23)34-3)16-26-25(29)17-27(20-10-12-21(13-11-20)28(30)31)36(32,33)22-7-5-4-6-8-22/h4-15,18H,16-17H2,1-3H3,(H,26,29). The molecule has 36 heavy (non-hydrogen) atoms. The predicted molar refractivity (Wildman–Crippen MR) is 135 cm³/mol. The summed E-state index contributed by atoms with van der Waals surface area (Å²) in [5.74, 6) is 0.518. The Labute approximate surface area is 209 Å². The Bertz CT molecular complexity index is 1310. The minimum Gasteiger partial charge on any atom is -0.493 e. The number of carbonyl (C=O) groups excluding carboxylic acids is 1. The van der Waals surface area contributed by atoms with Gasteiger partial charge in [0.1, 0.15) is 6.54 Å². The largest absolute Gasteiger partial charge is 0.493 e. The van der Waals surface area contributed by atoms with E-state index in [1.165, 1.54) is 43.5 Å². The number of benzene rings is 3. The number of nitro benzene ring substituents is 1. The van der Waals surface area contributed by atoms with Gasteiger partial charge in [-0.3, -0.25) is 19.2 Å². The number of anilines is 1. The number of ether oxygens (including phenoxy) is 2. The predicted octanol–water partition coefficient (Wildman–Crippen LogP) is 3.90. The van der Waals surface area contributed by atoms with E-state index in [1.54, 1.807) is 36.4 Å². The van der Waals surface area contributed by atoms with Crippen LogP contribution in [-0.4, -0.2) is 39.0 Å². The monoisotopic (exact) mass is 513 g/mol. The van der Waals surface area contributed by atoms with Gasteiger partial charge in [-0.25, -0.2) is 8.42 Å². The van der Waals surface area contributed by atoms with Gasteiger partial charge in [0.15, 0.2) is 11.5 Å². The van der Waals surface area contributed by atoms with E-state index in [0.29, 0.717) is 11.5 Å². The van der Waals surface area contributed by atoms with Crippen LogP contribution >= 0.6 is 0 Å². The molecule has 3 aromatic rings. The fraction of sp³-hybridized carbons (Fsp3) is 0.240. The van der Waals surface area contributed by atoms with Crippen molar-refractivity contribution < 1.29 is 27.6 Å². The Balaban J connectivity index is 1.81. The van der Waals surface area contributed by atoms with E-state index in [1.807, 2.05) is 13.8 Å². The molecule has 1 N–H and O–H groups in total. The van der Waals surface area contributed by atoms with Crippen LogP contribution in [-0.2, 0) is 21.4 Å². The topological polar surface area (TPSA) is 128 Å². The Morgan fingerprint density at radius 1 is 1.03 bits per heavy atom. The van der Waals surface area contributed by atoms with Gasteiger partial charge in [-0.1, -0.05) is 24.3 Å². The molecule has 0 aliphatic rings. The summed E-state index contributed by atoms with van der Waals surface area (Å²) in [7, 11) is -2.61. The number of sulfonamides is 1. The average molecular weight is 514 g/mol. The molecule has 0 radical (unpaired) electrons. The summed E-state index contributed by atoms with van der Waals surface area (Å²) in [5, 5.41) is 13.7. The molecule has 0 fully saturated rings. The van der Waals surface area contributed by atoms with E-state index in [-0.39, 0.29) is 28.9 Å². The molecule has 0 saturated heterocycles. The van der Waals surface area contributed by atoms with Crippen molar-refractivity contribution in [2.45, 2.75) is 31.4 Å². The second-order valence-corrected chi connectivity index (χ2v) is 9.89. The highest BCUT2D eigenvalue weighted by molar-refractivity contribution is 7.92. The highest BCUT2D eigenvalue weighted by atomic mass is 32.2. The van der Waals surface area contributed by atoms with Crippen LogP contribution in [0.5, 0.6) is 11.5 Å². The molecule has 0 aliphatic carbocycles. The van der Waals surface area contributed by atoms with Crippen molar-refractivity contribution in [3.8, 4) is 11.5 Å². The van der Waals surface area contributed by atoms with Gasteiger partial charge in [0.2, 0.25) is 5.91 Å². The van der Waals surface area contributed by atoms with Crippen molar-refractivity contribution in [3.05, 3.63) is 88.5 Å². The summed E-state index contributed by atoms with van der Waals surface area (Å²) < 4.78 is 38.7. The normalized spacial score (nSPS) is 11.1. The molecule has 10 nitrogen and oxygen atoms in total. The number of hydrogen-bond donors (Lipinski definition) is 1. The molecule has 0 bridgehead atoms. The fourth-order valence-electron chi connectivity index (χ4n) is 3.34. The van der Waals surface area contributed by atoms with Crippen LogP contribution in [0.3, 0.4) is 0 Å². The van der Waals surface area contributed by atoms with Crippen LogP contribution < -0.4 is 19.1 Å². The van der Waals surface area contributed by atoms with Crippen molar-refractivity contribution in [2.24, 2.45) is 0 Å². The van der Waals surface area contributed by atoms with Gasteiger partial charge in [-0.15, -0.1) is 0 Å². The van der Waals surface area contributed by atoms with Crippen molar-refractivity contribution in [2.75, 3.05) is 18.0 Å². The number of non-ortho nitro benzene ring substituents is 1. The zero-order valence-electron chi connectivity index (χ0n) is 20.1. The van der Waals surface area contributed by atoms with E-state index in [0.717, 1.165) is 9.87 Å². The van der Waals surface area contributed by atoms with Gasteiger partial charge in [-0.05, 0) is 55.8 Å². The molecule has 3 rings (SSSR count). The summed E-state index contributed by atoms with van der Waals surface area (Å²) in [6, 6.07) is 17.9. The summed E-state index contributed by atoms with van der Waals surface area (Å²) >= 11 is 0. The minimum absolute atomic E-state index is 0.0124. The summed E-state index contributed by atoms with van der Waals surface area (Å²) in [6.45, 7) is 3.39. The summed E-state index contributed by atoms with van der Waals surface area (Å²) in [6.07, 6.45) is -0.0404. The van der Waals surface area contributed by atoms with E-state index >= 15 is 0 Å². The van der Waals surface area contributed by atoms with Crippen molar-refractivity contribution >= 4 is 27.3 Å². The molecular weight excluding hydrogens is 486 g/mol. The van der Waals surface area contributed by atoms with Gasteiger partial charge < -0.3 is 14.8 Å². The lowest BCUT2D eigenvalue weighted by atomic mass is 10.2. The fourth-order valence-corrected chi connectivity index (χ4v) is 4.78. The third-order valence-corrected chi connectivity index (χ3v) is 6.84. The lowest BCUT2D eigenvalue weighted by Gasteiger charge is -2.24. The van der Waals surface area contributed by atoms with E-state index in [4.69, 9.17) is 9.47 Å². The van der Waals surface area contributed by atoms with Crippen LogP contribution in [0.2, 0.25) is 0 Å². The second-order valence-electron chi connectivity index (χ2n) is 8.03. The van der Waals surface area contributed by atoms with Crippen LogP contribution in [0, 0.1) is 10.1 Å². The molecule has 0 spiro atoms. The van der Waals surface area contributed by atoms with Gasteiger partial charge in [0.25, 0.3) is 15.7 Å². The number of amides is 1. The molecule has 0 aliphatic heterocycles. The Morgan fingerprint density at radius 3 is 2.28 bits per heavy atom. The maximum absolute atomic E-state index is 13.4. The quantitative estimate of drug-likeness (QED) is 0.304.